The molecule has 0 saturated heterocycles. The van der Waals surface area contributed by atoms with E-state index >= 15 is 0 Å². The van der Waals surface area contributed by atoms with E-state index in [1.165, 1.54) is 12.1 Å². The second-order valence-electron chi connectivity index (χ2n) is 5.20. The predicted molar refractivity (Wildman–Crippen MR) is 89.7 cm³/mol. The highest BCUT2D eigenvalue weighted by molar-refractivity contribution is 7.89. The Morgan fingerprint density at radius 1 is 1.17 bits per heavy atom. The van der Waals surface area contributed by atoms with Gasteiger partial charge in [0.15, 0.2) is 0 Å². The molecule has 128 valence electrons. The minimum Gasteiger partial charge on any atom is -0.497 e. The van der Waals surface area contributed by atoms with Gasteiger partial charge in [-0.2, -0.15) is 0 Å². The highest BCUT2D eigenvalue weighted by Crippen LogP contribution is 2.22. The number of nitrogens with zero attached hydrogens (tertiary/aromatic N) is 1. The van der Waals surface area contributed by atoms with Crippen LogP contribution in [0.25, 0.3) is 0 Å². The van der Waals surface area contributed by atoms with Crippen molar-refractivity contribution in [1.82, 2.24) is 4.72 Å². The molecule has 0 aliphatic heterocycles. The maximum absolute atomic E-state index is 12.3. The number of hydrogen-bond acceptors (Lipinski definition) is 5. The van der Waals surface area contributed by atoms with Crippen molar-refractivity contribution in [2.75, 3.05) is 13.7 Å². The molecule has 0 amide bonds. The molecule has 2 aromatic rings. The van der Waals surface area contributed by atoms with Gasteiger partial charge in [-0.1, -0.05) is 18.2 Å². The molecule has 0 spiro atoms. The molecule has 2 rings (SSSR count). The molecule has 7 nitrogen and oxygen atoms in total. The average Bonchev–Trinajstić information content (AvgIpc) is 2.55. The quantitative estimate of drug-likeness (QED) is 0.611. The number of sulfonamides is 1. The van der Waals surface area contributed by atoms with Gasteiger partial charge in [0, 0.05) is 18.2 Å². The van der Waals surface area contributed by atoms with Crippen LogP contribution in [0.1, 0.15) is 11.1 Å². The van der Waals surface area contributed by atoms with E-state index in [0.29, 0.717) is 12.0 Å². The van der Waals surface area contributed by atoms with E-state index in [-0.39, 0.29) is 17.1 Å². The van der Waals surface area contributed by atoms with Crippen molar-refractivity contribution >= 4 is 15.7 Å². The van der Waals surface area contributed by atoms with Gasteiger partial charge in [0.25, 0.3) is 5.69 Å². The number of nitrogens with one attached hydrogen (secondary N) is 1. The zero-order valence-corrected chi connectivity index (χ0v) is 14.2. The summed E-state index contributed by atoms with van der Waals surface area (Å²) >= 11 is 0. The second-order valence-corrected chi connectivity index (χ2v) is 6.97. The number of nitro benzene ring substituents is 1. The van der Waals surface area contributed by atoms with Crippen LogP contribution in [0, 0.1) is 17.0 Å². The molecule has 0 radical (unpaired) electrons. The fraction of sp³-hybridized carbons (Fsp3) is 0.250. The van der Waals surface area contributed by atoms with Gasteiger partial charge in [-0.3, -0.25) is 10.1 Å². The molecule has 1 N–H and O–H groups in total. The molecule has 0 aliphatic rings. The Balaban J connectivity index is 2.05. The summed E-state index contributed by atoms with van der Waals surface area (Å²) in [5, 5.41) is 10.9. The van der Waals surface area contributed by atoms with Gasteiger partial charge in [-0.25, -0.2) is 13.1 Å². The van der Waals surface area contributed by atoms with Crippen LogP contribution in [-0.2, 0) is 16.4 Å². The molecule has 0 atom stereocenters. The molecule has 24 heavy (non-hydrogen) atoms. The van der Waals surface area contributed by atoms with Crippen molar-refractivity contribution < 1.29 is 18.1 Å². The van der Waals surface area contributed by atoms with Crippen molar-refractivity contribution in [2.24, 2.45) is 0 Å². The van der Waals surface area contributed by atoms with E-state index in [1.807, 2.05) is 12.1 Å². The Morgan fingerprint density at radius 3 is 2.42 bits per heavy atom. The summed E-state index contributed by atoms with van der Waals surface area (Å²) in [4.78, 5) is 10.2. The van der Waals surface area contributed by atoms with Gasteiger partial charge >= 0.3 is 0 Å². The molecule has 2 aromatic carbocycles. The summed E-state index contributed by atoms with van der Waals surface area (Å²) in [7, 11) is -2.22. The third kappa shape index (κ3) is 4.30. The van der Waals surface area contributed by atoms with Gasteiger partial charge < -0.3 is 4.74 Å². The first-order chi connectivity index (χ1) is 11.3. The number of benzene rings is 2. The lowest BCUT2D eigenvalue weighted by Crippen LogP contribution is -2.26. The van der Waals surface area contributed by atoms with E-state index in [9.17, 15) is 18.5 Å². The van der Waals surface area contributed by atoms with Crippen LogP contribution < -0.4 is 9.46 Å². The summed E-state index contributed by atoms with van der Waals surface area (Å²) in [6.07, 6.45) is 0.497. The minimum atomic E-state index is -3.80. The monoisotopic (exact) mass is 350 g/mol. The molecule has 0 aromatic heterocycles. The lowest BCUT2D eigenvalue weighted by Gasteiger charge is -2.08. The molecule has 0 fully saturated rings. The average molecular weight is 350 g/mol. The number of nitro groups is 1. The van der Waals surface area contributed by atoms with Crippen molar-refractivity contribution in [2.45, 2.75) is 18.2 Å². The van der Waals surface area contributed by atoms with Crippen LogP contribution in [-0.4, -0.2) is 27.0 Å². The third-order valence-corrected chi connectivity index (χ3v) is 5.01. The molecule has 0 bridgehead atoms. The first-order valence-corrected chi connectivity index (χ1v) is 8.69. The van der Waals surface area contributed by atoms with Crippen molar-refractivity contribution in [3.8, 4) is 5.75 Å². The van der Waals surface area contributed by atoms with Gasteiger partial charge in [0.2, 0.25) is 10.0 Å². The predicted octanol–water partition coefficient (Wildman–Crippen LogP) is 2.43. The third-order valence-electron chi connectivity index (χ3n) is 3.55. The fourth-order valence-electron chi connectivity index (χ4n) is 2.16. The Bertz CT molecular complexity index is 832. The summed E-state index contributed by atoms with van der Waals surface area (Å²) in [5.41, 5.74) is 1.15. The lowest BCUT2D eigenvalue weighted by atomic mass is 10.1. The molecule has 8 heteroatoms. The summed E-state index contributed by atoms with van der Waals surface area (Å²) in [6, 6.07) is 11.2. The summed E-state index contributed by atoms with van der Waals surface area (Å²) < 4.78 is 32.0. The van der Waals surface area contributed by atoms with Crippen molar-refractivity contribution in [3.63, 3.8) is 0 Å². The Labute approximate surface area is 140 Å². The van der Waals surface area contributed by atoms with E-state index in [1.54, 1.807) is 26.2 Å². The molecule has 0 aliphatic carbocycles. The zero-order chi connectivity index (χ0) is 17.7. The number of aryl methyl sites for hydroxylation is 1. The largest absolute Gasteiger partial charge is 0.497 e. The van der Waals surface area contributed by atoms with Gasteiger partial charge in [-0.15, -0.1) is 0 Å². The molecular formula is C16H18N2O5S. The number of ether oxygens (including phenoxy) is 1. The number of methoxy groups -OCH3 is 1. The van der Waals surface area contributed by atoms with E-state index in [0.717, 1.165) is 17.4 Å². The first kappa shape index (κ1) is 17.9. The zero-order valence-electron chi connectivity index (χ0n) is 13.4. The van der Waals surface area contributed by atoms with Crippen LogP contribution in [0.4, 0.5) is 5.69 Å². The van der Waals surface area contributed by atoms with E-state index in [4.69, 9.17) is 4.74 Å². The van der Waals surface area contributed by atoms with Crippen LogP contribution in [0.15, 0.2) is 47.4 Å². The molecule has 0 heterocycles. The van der Waals surface area contributed by atoms with Crippen LogP contribution in [0.3, 0.4) is 0 Å². The van der Waals surface area contributed by atoms with E-state index in [2.05, 4.69) is 4.72 Å². The topological polar surface area (TPSA) is 98.5 Å². The SMILES string of the molecule is COc1ccc(CCNS(=O)(=O)c2ccc(C)c([N+](=O)[O-])c2)cc1. The normalized spacial score (nSPS) is 11.2. The first-order valence-electron chi connectivity index (χ1n) is 7.21. The standard InChI is InChI=1S/C16H18N2O5S/c1-12-3-8-15(11-16(12)18(19)20)24(21,22)17-10-9-13-4-6-14(23-2)7-5-13/h3-8,11,17H,9-10H2,1-2H3. The van der Waals surface area contributed by atoms with Gasteiger partial charge in [0.05, 0.1) is 16.9 Å². The van der Waals surface area contributed by atoms with Crippen LogP contribution in [0.2, 0.25) is 0 Å². The Morgan fingerprint density at radius 2 is 1.83 bits per heavy atom. The Hall–Kier alpha value is -2.45. The fourth-order valence-corrected chi connectivity index (χ4v) is 3.21. The summed E-state index contributed by atoms with van der Waals surface area (Å²) in [6.45, 7) is 1.75. The lowest BCUT2D eigenvalue weighted by molar-refractivity contribution is -0.385. The minimum absolute atomic E-state index is 0.116. The van der Waals surface area contributed by atoms with E-state index < -0.39 is 14.9 Å². The Kier molecular flexibility index (Phi) is 5.53. The maximum atomic E-state index is 12.3. The maximum Gasteiger partial charge on any atom is 0.273 e. The molecule has 0 unspecified atom stereocenters. The molecule has 0 saturated carbocycles. The smallest absolute Gasteiger partial charge is 0.273 e. The van der Waals surface area contributed by atoms with Crippen LogP contribution >= 0.6 is 0 Å². The summed E-state index contributed by atoms with van der Waals surface area (Å²) in [5.74, 6) is 0.728. The number of rotatable bonds is 7. The second kappa shape index (κ2) is 7.41. The highest BCUT2D eigenvalue weighted by atomic mass is 32.2. The van der Waals surface area contributed by atoms with Gasteiger partial charge in [-0.05, 0) is 37.1 Å². The van der Waals surface area contributed by atoms with Gasteiger partial charge in [0.1, 0.15) is 5.75 Å². The van der Waals surface area contributed by atoms with Crippen molar-refractivity contribution in [3.05, 3.63) is 63.7 Å². The molecular weight excluding hydrogens is 332 g/mol. The van der Waals surface area contributed by atoms with Crippen molar-refractivity contribution in [1.29, 1.82) is 0 Å². The number of hydrogen-bond donors (Lipinski definition) is 1. The highest BCUT2D eigenvalue weighted by Gasteiger charge is 2.19. The van der Waals surface area contributed by atoms with Crippen LogP contribution in [0.5, 0.6) is 5.75 Å².